The van der Waals surface area contributed by atoms with Crippen molar-refractivity contribution in [3.63, 3.8) is 0 Å². The van der Waals surface area contributed by atoms with Gasteiger partial charge >= 0.3 is 5.97 Å². The monoisotopic (exact) mass is 355 g/mol. The molecule has 1 atom stereocenters. The summed E-state index contributed by atoms with van der Waals surface area (Å²) in [5.74, 6) is -1.01. The Morgan fingerprint density at radius 1 is 1.48 bits per heavy atom. The number of benzene rings is 1. The molecule has 0 radical (unpaired) electrons. The fourth-order valence-electron chi connectivity index (χ4n) is 2.00. The van der Waals surface area contributed by atoms with Crippen molar-refractivity contribution < 1.29 is 19.4 Å². The molecule has 0 spiro atoms. The molecule has 1 aliphatic carbocycles. The van der Waals surface area contributed by atoms with Gasteiger partial charge in [0.15, 0.2) is 6.61 Å². The maximum absolute atomic E-state index is 12.2. The molecule has 5 nitrogen and oxygen atoms in total. The molecule has 1 fully saturated rings. The highest BCUT2D eigenvalue weighted by atomic mass is 79.9. The van der Waals surface area contributed by atoms with E-state index in [1.54, 1.807) is 24.0 Å². The van der Waals surface area contributed by atoms with Gasteiger partial charge in [-0.3, -0.25) is 9.59 Å². The molecule has 1 aromatic carbocycles. The Labute approximate surface area is 132 Å². The third kappa shape index (κ3) is 4.74. The minimum atomic E-state index is -0.888. The first-order chi connectivity index (χ1) is 9.97. The van der Waals surface area contributed by atoms with Crippen molar-refractivity contribution in [2.45, 2.75) is 25.8 Å². The molecule has 1 saturated carbocycles. The lowest BCUT2D eigenvalue weighted by molar-refractivity contribution is -0.143. The van der Waals surface area contributed by atoms with Gasteiger partial charge in [-0.1, -0.05) is 28.9 Å². The average molecular weight is 356 g/mol. The SMILES string of the molecule is CC(CN(C(=O)COc1cccc(Br)c1)C1CC1)C(=O)O. The highest BCUT2D eigenvalue weighted by Gasteiger charge is 2.34. The molecule has 0 heterocycles. The van der Waals surface area contributed by atoms with Crippen LogP contribution < -0.4 is 4.74 Å². The van der Waals surface area contributed by atoms with Gasteiger partial charge in [-0.2, -0.15) is 0 Å². The van der Waals surface area contributed by atoms with Crippen molar-refractivity contribution in [2.75, 3.05) is 13.2 Å². The molecule has 1 N–H and O–H groups in total. The molecule has 0 aromatic heterocycles. The number of rotatable bonds is 7. The van der Waals surface area contributed by atoms with Crippen LogP contribution in [0.3, 0.4) is 0 Å². The smallest absolute Gasteiger partial charge is 0.308 e. The maximum Gasteiger partial charge on any atom is 0.308 e. The largest absolute Gasteiger partial charge is 0.484 e. The molecule has 21 heavy (non-hydrogen) atoms. The van der Waals surface area contributed by atoms with Crippen LogP contribution in [0.1, 0.15) is 19.8 Å². The van der Waals surface area contributed by atoms with E-state index in [0.717, 1.165) is 17.3 Å². The zero-order chi connectivity index (χ0) is 15.4. The van der Waals surface area contributed by atoms with Crippen LogP contribution in [0, 0.1) is 5.92 Å². The van der Waals surface area contributed by atoms with E-state index >= 15 is 0 Å². The number of hydrogen-bond acceptors (Lipinski definition) is 3. The number of hydrogen-bond donors (Lipinski definition) is 1. The maximum atomic E-state index is 12.2. The Morgan fingerprint density at radius 3 is 2.76 bits per heavy atom. The van der Waals surface area contributed by atoms with Crippen LogP contribution in [-0.4, -0.2) is 41.1 Å². The van der Waals surface area contributed by atoms with Crippen LogP contribution in [0.4, 0.5) is 0 Å². The predicted octanol–water partition coefficient (Wildman–Crippen LogP) is 2.54. The van der Waals surface area contributed by atoms with Crippen LogP contribution in [0.15, 0.2) is 28.7 Å². The summed E-state index contributed by atoms with van der Waals surface area (Å²) in [6, 6.07) is 7.44. The van der Waals surface area contributed by atoms with Gasteiger partial charge in [0, 0.05) is 17.1 Å². The summed E-state index contributed by atoms with van der Waals surface area (Å²) < 4.78 is 6.36. The molecular formula is C15H18BrNO4. The Balaban J connectivity index is 1.91. The third-order valence-corrected chi connectivity index (χ3v) is 3.85. The predicted molar refractivity (Wildman–Crippen MR) is 81.2 cm³/mol. The van der Waals surface area contributed by atoms with E-state index in [1.165, 1.54) is 0 Å². The quantitative estimate of drug-likeness (QED) is 0.815. The van der Waals surface area contributed by atoms with Crippen LogP contribution in [0.5, 0.6) is 5.75 Å². The summed E-state index contributed by atoms with van der Waals surface area (Å²) >= 11 is 3.34. The third-order valence-electron chi connectivity index (χ3n) is 3.36. The first-order valence-electron chi connectivity index (χ1n) is 6.88. The molecular weight excluding hydrogens is 338 g/mol. The van der Waals surface area contributed by atoms with Gasteiger partial charge in [0.1, 0.15) is 5.75 Å². The number of carboxylic acids is 1. The van der Waals surface area contributed by atoms with E-state index in [4.69, 9.17) is 9.84 Å². The summed E-state index contributed by atoms with van der Waals surface area (Å²) in [7, 11) is 0. The average Bonchev–Trinajstić information content (AvgIpc) is 3.26. The van der Waals surface area contributed by atoms with Crippen molar-refractivity contribution in [1.29, 1.82) is 0 Å². The van der Waals surface area contributed by atoms with Gasteiger partial charge < -0.3 is 14.7 Å². The highest BCUT2D eigenvalue weighted by Crippen LogP contribution is 2.28. The number of carbonyl (C=O) groups excluding carboxylic acids is 1. The molecule has 1 aliphatic rings. The lowest BCUT2D eigenvalue weighted by Gasteiger charge is -2.24. The lowest BCUT2D eigenvalue weighted by Crippen LogP contribution is -2.41. The molecule has 2 rings (SSSR count). The number of aliphatic carboxylic acids is 1. The van der Waals surface area contributed by atoms with Crippen molar-refractivity contribution in [1.82, 2.24) is 4.90 Å². The highest BCUT2D eigenvalue weighted by molar-refractivity contribution is 9.10. The van der Waals surface area contributed by atoms with Gasteiger partial charge in [-0.05, 0) is 31.0 Å². The topological polar surface area (TPSA) is 66.8 Å². The van der Waals surface area contributed by atoms with E-state index in [0.29, 0.717) is 5.75 Å². The number of ether oxygens (including phenoxy) is 1. The number of carboxylic acid groups (broad SMARTS) is 1. The van der Waals surface area contributed by atoms with Gasteiger partial charge in [0.25, 0.3) is 5.91 Å². The van der Waals surface area contributed by atoms with Crippen LogP contribution in [0.25, 0.3) is 0 Å². The first kappa shape index (κ1) is 15.8. The standard InChI is InChI=1S/C15H18BrNO4/c1-10(15(19)20)8-17(12-5-6-12)14(18)9-21-13-4-2-3-11(16)7-13/h2-4,7,10,12H,5-6,8-9H2,1H3,(H,19,20). The van der Waals surface area contributed by atoms with Crippen molar-refractivity contribution in [3.8, 4) is 5.75 Å². The Bertz CT molecular complexity index is 530. The zero-order valence-corrected chi connectivity index (χ0v) is 13.4. The molecule has 1 aromatic rings. The fraction of sp³-hybridized carbons (Fsp3) is 0.467. The van der Waals surface area contributed by atoms with Crippen molar-refractivity contribution >= 4 is 27.8 Å². The van der Waals surface area contributed by atoms with E-state index in [2.05, 4.69) is 15.9 Å². The van der Waals surface area contributed by atoms with Gasteiger partial charge in [-0.15, -0.1) is 0 Å². The van der Waals surface area contributed by atoms with Crippen LogP contribution in [-0.2, 0) is 9.59 Å². The van der Waals surface area contributed by atoms with E-state index in [9.17, 15) is 9.59 Å². The molecule has 0 saturated heterocycles. The minimum absolute atomic E-state index is 0.0701. The second kappa shape index (κ2) is 6.93. The number of halogens is 1. The van der Waals surface area contributed by atoms with Gasteiger partial charge in [0.2, 0.25) is 0 Å². The molecule has 114 valence electrons. The summed E-state index contributed by atoms with van der Waals surface area (Å²) in [6.07, 6.45) is 1.88. The molecule has 0 aliphatic heterocycles. The lowest BCUT2D eigenvalue weighted by atomic mass is 10.1. The van der Waals surface area contributed by atoms with Crippen LogP contribution >= 0.6 is 15.9 Å². The summed E-state index contributed by atoms with van der Waals surface area (Å²) in [5.41, 5.74) is 0. The molecule has 1 amide bonds. The van der Waals surface area contributed by atoms with Crippen LogP contribution in [0.2, 0.25) is 0 Å². The normalized spacial score (nSPS) is 15.3. The van der Waals surface area contributed by atoms with Gasteiger partial charge in [-0.25, -0.2) is 0 Å². The number of amides is 1. The van der Waals surface area contributed by atoms with Crippen molar-refractivity contribution in [2.24, 2.45) is 5.92 Å². The fourth-order valence-corrected chi connectivity index (χ4v) is 2.38. The van der Waals surface area contributed by atoms with E-state index in [1.807, 2.05) is 12.1 Å². The first-order valence-corrected chi connectivity index (χ1v) is 7.67. The molecule has 6 heteroatoms. The number of carbonyl (C=O) groups is 2. The second-order valence-electron chi connectivity index (χ2n) is 5.26. The second-order valence-corrected chi connectivity index (χ2v) is 6.18. The Morgan fingerprint density at radius 2 is 2.19 bits per heavy atom. The Kier molecular flexibility index (Phi) is 5.22. The molecule has 1 unspecified atom stereocenters. The van der Waals surface area contributed by atoms with Gasteiger partial charge in [0.05, 0.1) is 5.92 Å². The summed E-state index contributed by atoms with van der Waals surface area (Å²) in [4.78, 5) is 24.8. The molecule has 0 bridgehead atoms. The Hall–Kier alpha value is -1.56. The minimum Gasteiger partial charge on any atom is -0.484 e. The summed E-state index contributed by atoms with van der Waals surface area (Å²) in [5, 5.41) is 8.98. The number of nitrogens with zero attached hydrogens (tertiary/aromatic N) is 1. The van der Waals surface area contributed by atoms with Crippen molar-refractivity contribution in [3.05, 3.63) is 28.7 Å². The summed E-state index contributed by atoms with van der Waals surface area (Å²) in [6.45, 7) is 1.78. The zero-order valence-electron chi connectivity index (χ0n) is 11.8. The van der Waals surface area contributed by atoms with E-state index < -0.39 is 11.9 Å². The van der Waals surface area contributed by atoms with E-state index in [-0.39, 0.29) is 25.1 Å².